The van der Waals surface area contributed by atoms with Gasteiger partial charge in [0.15, 0.2) is 15.4 Å². The Morgan fingerprint density at radius 2 is 2.10 bits per heavy atom. The zero-order chi connectivity index (χ0) is 15.7. The van der Waals surface area contributed by atoms with Crippen LogP contribution in [0, 0.1) is 0 Å². The molecule has 1 fully saturated rings. The van der Waals surface area contributed by atoms with Crippen LogP contribution in [0.4, 0.5) is 0 Å². The Labute approximate surface area is 123 Å². The molecular weight excluding hydrogens is 292 g/mol. The van der Waals surface area contributed by atoms with Crippen molar-refractivity contribution in [1.29, 1.82) is 0 Å². The lowest BCUT2D eigenvalue weighted by atomic mass is 9.87. The van der Waals surface area contributed by atoms with E-state index in [-0.39, 0.29) is 18.7 Å². The van der Waals surface area contributed by atoms with Crippen molar-refractivity contribution in [2.45, 2.75) is 17.2 Å². The first-order valence-electron chi connectivity index (χ1n) is 6.51. The van der Waals surface area contributed by atoms with E-state index in [9.17, 15) is 18.4 Å². The first-order valence-corrected chi connectivity index (χ1v) is 8.23. The Hall–Kier alpha value is -1.70. The quantitative estimate of drug-likeness (QED) is 0.768. The molecule has 0 unspecified atom stereocenters. The Bertz CT molecular complexity index is 644. The van der Waals surface area contributed by atoms with Crippen molar-refractivity contribution in [1.82, 2.24) is 5.06 Å². The van der Waals surface area contributed by atoms with E-state index in [4.69, 9.17) is 5.73 Å². The summed E-state index contributed by atoms with van der Waals surface area (Å²) in [6.07, 6.45) is 1.40. The van der Waals surface area contributed by atoms with Crippen LogP contribution in [0.3, 0.4) is 0 Å². The van der Waals surface area contributed by atoms with Gasteiger partial charge in [0.2, 0.25) is 5.91 Å². The highest BCUT2D eigenvalue weighted by Gasteiger charge is 2.59. The highest BCUT2D eigenvalue weighted by molar-refractivity contribution is 7.92. The van der Waals surface area contributed by atoms with E-state index in [1.807, 2.05) is 0 Å². The SMILES string of the molecule is C=CCS(=O)(=O)[C@H]1CCN(O)[C@@]1(C(N)=O)c1ccccc1. The van der Waals surface area contributed by atoms with E-state index in [1.165, 1.54) is 6.08 Å². The maximum atomic E-state index is 12.5. The third kappa shape index (κ3) is 2.37. The van der Waals surface area contributed by atoms with Crippen LogP contribution in [0.25, 0.3) is 0 Å². The zero-order valence-corrected chi connectivity index (χ0v) is 12.3. The summed E-state index contributed by atoms with van der Waals surface area (Å²) in [5.74, 6) is -1.15. The van der Waals surface area contributed by atoms with Gasteiger partial charge in [0.1, 0.15) is 0 Å². The largest absolute Gasteiger partial charge is 0.368 e. The molecule has 1 aromatic carbocycles. The number of carbonyl (C=O) groups is 1. The highest BCUT2D eigenvalue weighted by atomic mass is 32.2. The predicted octanol–water partition coefficient (Wildman–Crippen LogP) is 0.432. The maximum Gasteiger partial charge on any atom is 0.246 e. The average molecular weight is 310 g/mol. The molecule has 1 heterocycles. The summed E-state index contributed by atoms with van der Waals surface area (Å²) in [5, 5.41) is 9.85. The molecule has 1 aliphatic heterocycles. The molecule has 1 saturated heterocycles. The summed E-state index contributed by atoms with van der Waals surface area (Å²) < 4.78 is 24.9. The number of benzene rings is 1. The zero-order valence-electron chi connectivity index (χ0n) is 11.5. The Balaban J connectivity index is 2.66. The number of nitrogens with two attached hydrogens (primary N) is 1. The summed E-state index contributed by atoms with van der Waals surface area (Å²) in [5.41, 5.74) is 4.12. The van der Waals surface area contributed by atoms with Gasteiger partial charge in [0.25, 0.3) is 0 Å². The normalized spacial score (nSPS) is 26.6. The predicted molar refractivity (Wildman–Crippen MR) is 78.2 cm³/mol. The van der Waals surface area contributed by atoms with Gasteiger partial charge in [0.05, 0.1) is 11.0 Å². The van der Waals surface area contributed by atoms with Gasteiger partial charge in [-0.25, -0.2) is 8.42 Å². The van der Waals surface area contributed by atoms with Crippen LogP contribution in [0.5, 0.6) is 0 Å². The van der Waals surface area contributed by atoms with Crippen LogP contribution in [0.2, 0.25) is 0 Å². The van der Waals surface area contributed by atoms with Crippen molar-refractivity contribution >= 4 is 15.7 Å². The number of primary amides is 1. The summed E-state index contributed by atoms with van der Waals surface area (Å²) in [6.45, 7) is 3.48. The summed E-state index contributed by atoms with van der Waals surface area (Å²) >= 11 is 0. The minimum absolute atomic E-state index is 0.0544. The van der Waals surface area contributed by atoms with Crippen molar-refractivity contribution in [3.63, 3.8) is 0 Å². The standard InChI is InChI=1S/C14H18N2O4S/c1-2-10-21(19,20)12-8-9-16(18)14(12,13(15)17)11-6-4-3-5-7-11/h2-7,12,18H,1,8-10H2,(H2,15,17)/t12-,14-/m0/s1. The smallest absolute Gasteiger partial charge is 0.246 e. The molecule has 0 aromatic heterocycles. The lowest BCUT2D eigenvalue weighted by molar-refractivity contribution is -0.169. The van der Waals surface area contributed by atoms with Crippen molar-refractivity contribution in [2.24, 2.45) is 5.73 Å². The monoisotopic (exact) mass is 310 g/mol. The van der Waals surface area contributed by atoms with E-state index >= 15 is 0 Å². The first-order chi connectivity index (χ1) is 9.87. The van der Waals surface area contributed by atoms with Gasteiger partial charge >= 0.3 is 0 Å². The molecule has 0 saturated carbocycles. The molecule has 2 atom stereocenters. The molecule has 7 heteroatoms. The van der Waals surface area contributed by atoms with Gasteiger partial charge in [-0.05, 0) is 12.0 Å². The van der Waals surface area contributed by atoms with Crippen LogP contribution in [0.1, 0.15) is 12.0 Å². The molecule has 1 aliphatic rings. The number of hydrogen-bond acceptors (Lipinski definition) is 5. The summed E-state index contributed by atoms with van der Waals surface area (Å²) in [6, 6.07) is 8.26. The van der Waals surface area contributed by atoms with Gasteiger partial charge in [-0.2, -0.15) is 5.06 Å². The van der Waals surface area contributed by atoms with Gasteiger partial charge in [-0.3, -0.25) is 4.79 Å². The minimum atomic E-state index is -3.66. The van der Waals surface area contributed by atoms with Crippen molar-refractivity contribution in [3.8, 4) is 0 Å². The number of carbonyl (C=O) groups excluding carboxylic acids is 1. The van der Waals surface area contributed by atoms with Gasteiger partial charge in [0, 0.05) is 6.54 Å². The van der Waals surface area contributed by atoms with Crippen LogP contribution >= 0.6 is 0 Å². The molecule has 21 heavy (non-hydrogen) atoms. The topological polar surface area (TPSA) is 101 Å². The van der Waals surface area contributed by atoms with Gasteiger partial charge < -0.3 is 10.9 Å². The van der Waals surface area contributed by atoms with Crippen LogP contribution in [0.15, 0.2) is 43.0 Å². The first kappa shape index (κ1) is 15.7. The van der Waals surface area contributed by atoms with Crippen LogP contribution in [-0.2, 0) is 20.2 Å². The number of sulfone groups is 1. The Morgan fingerprint density at radius 3 is 2.62 bits per heavy atom. The minimum Gasteiger partial charge on any atom is -0.368 e. The van der Waals surface area contributed by atoms with E-state index in [0.29, 0.717) is 5.56 Å². The van der Waals surface area contributed by atoms with Crippen molar-refractivity contribution in [3.05, 3.63) is 48.6 Å². The van der Waals surface area contributed by atoms with Crippen LogP contribution < -0.4 is 5.73 Å². The Kier molecular flexibility index (Phi) is 4.18. The molecule has 0 radical (unpaired) electrons. The molecule has 2 rings (SSSR count). The summed E-state index contributed by atoms with van der Waals surface area (Å²) in [7, 11) is -3.66. The number of amides is 1. The third-order valence-corrected chi connectivity index (χ3v) is 5.99. The molecule has 0 aliphatic carbocycles. The van der Waals surface area contributed by atoms with Crippen molar-refractivity contribution < 1.29 is 18.4 Å². The lowest BCUT2D eigenvalue weighted by Gasteiger charge is -2.36. The van der Waals surface area contributed by atoms with E-state index in [2.05, 4.69) is 6.58 Å². The Morgan fingerprint density at radius 1 is 1.48 bits per heavy atom. The molecule has 0 spiro atoms. The van der Waals surface area contributed by atoms with Crippen LogP contribution in [-0.4, -0.2) is 42.1 Å². The molecule has 3 N–H and O–H groups in total. The molecule has 0 bridgehead atoms. The fourth-order valence-electron chi connectivity index (χ4n) is 2.97. The van der Waals surface area contributed by atoms with E-state index < -0.39 is 26.5 Å². The van der Waals surface area contributed by atoms with E-state index in [1.54, 1.807) is 30.3 Å². The lowest BCUT2D eigenvalue weighted by Crippen LogP contribution is -2.58. The average Bonchev–Trinajstić information content (AvgIpc) is 2.79. The molecule has 6 nitrogen and oxygen atoms in total. The van der Waals surface area contributed by atoms with Crippen molar-refractivity contribution in [2.75, 3.05) is 12.3 Å². The summed E-state index contributed by atoms with van der Waals surface area (Å²) in [4.78, 5) is 12.1. The third-order valence-electron chi connectivity index (χ3n) is 3.85. The second kappa shape index (κ2) is 5.59. The molecule has 1 aromatic rings. The van der Waals surface area contributed by atoms with Gasteiger partial charge in [-0.15, -0.1) is 6.58 Å². The second-order valence-electron chi connectivity index (χ2n) is 5.02. The second-order valence-corrected chi connectivity index (χ2v) is 7.24. The fourth-order valence-corrected chi connectivity index (χ4v) is 4.89. The number of hydrogen-bond donors (Lipinski definition) is 2. The number of nitrogens with zero attached hydrogens (tertiary/aromatic N) is 1. The fraction of sp³-hybridized carbons (Fsp3) is 0.357. The van der Waals surface area contributed by atoms with E-state index in [0.717, 1.165) is 5.06 Å². The molecule has 114 valence electrons. The highest BCUT2D eigenvalue weighted by Crippen LogP contribution is 2.41. The molecule has 1 amide bonds. The number of rotatable bonds is 5. The molecular formula is C14H18N2O4S. The van der Waals surface area contributed by atoms with Gasteiger partial charge in [-0.1, -0.05) is 36.4 Å². The maximum absolute atomic E-state index is 12.5. The number of hydroxylamine groups is 2.